The topological polar surface area (TPSA) is 84.2 Å². The van der Waals surface area contributed by atoms with Crippen molar-refractivity contribution in [1.82, 2.24) is 10.3 Å². The molecule has 156 valence electrons. The molecule has 0 unspecified atom stereocenters. The number of nitrogens with one attached hydrogen (secondary N) is 2. The van der Waals surface area contributed by atoms with Gasteiger partial charge in [0.15, 0.2) is 5.69 Å². The first-order valence-corrected chi connectivity index (χ1v) is 10.6. The molecule has 1 atom stereocenters. The van der Waals surface area contributed by atoms with E-state index in [2.05, 4.69) is 15.6 Å². The molecule has 7 heteroatoms. The lowest BCUT2D eigenvalue weighted by atomic mass is 10.0. The molecule has 0 saturated heterocycles. The highest BCUT2D eigenvalue weighted by atomic mass is 35.5. The minimum atomic E-state index is -0.398. The fraction of sp³-hybridized carbons (Fsp3) is 0.500. The lowest BCUT2D eigenvalue weighted by Crippen LogP contribution is -2.33. The van der Waals surface area contributed by atoms with Crippen LogP contribution in [0.2, 0.25) is 5.02 Å². The molecule has 1 aliphatic rings. The third kappa shape index (κ3) is 5.38. The quantitative estimate of drug-likeness (QED) is 0.641. The minimum Gasteiger partial charge on any atom is -0.443 e. The number of hydrogen-bond acceptors (Lipinski definition) is 4. The number of nitrogens with zero attached hydrogens (tertiary/aromatic N) is 1. The normalized spacial score (nSPS) is 15.5. The van der Waals surface area contributed by atoms with Gasteiger partial charge in [-0.05, 0) is 43.7 Å². The molecule has 1 saturated carbocycles. The molecule has 0 bridgehead atoms. The number of aryl methyl sites for hydroxylation is 1. The number of anilines is 1. The smallest absolute Gasteiger partial charge is 0.277 e. The Labute approximate surface area is 176 Å². The van der Waals surface area contributed by atoms with Gasteiger partial charge in [0.2, 0.25) is 11.8 Å². The van der Waals surface area contributed by atoms with Crippen molar-refractivity contribution in [3.05, 3.63) is 46.6 Å². The summed E-state index contributed by atoms with van der Waals surface area (Å²) in [5.41, 5.74) is 0.698. The van der Waals surface area contributed by atoms with Crippen LogP contribution in [0.3, 0.4) is 0 Å². The van der Waals surface area contributed by atoms with Gasteiger partial charge in [0.25, 0.3) is 5.91 Å². The molecule has 1 aromatic carbocycles. The maximum absolute atomic E-state index is 12.7. The number of carbonyl (C=O) groups excluding carboxylic acids is 2. The van der Waals surface area contributed by atoms with Crippen molar-refractivity contribution in [3.8, 4) is 0 Å². The van der Waals surface area contributed by atoms with E-state index in [4.69, 9.17) is 16.0 Å². The largest absolute Gasteiger partial charge is 0.443 e. The number of hydrogen-bond donors (Lipinski definition) is 2. The summed E-state index contributed by atoms with van der Waals surface area (Å²) in [6.45, 7) is 5.67. The first kappa shape index (κ1) is 21.4. The van der Waals surface area contributed by atoms with E-state index in [1.54, 1.807) is 31.2 Å². The van der Waals surface area contributed by atoms with E-state index in [1.807, 2.05) is 13.8 Å². The van der Waals surface area contributed by atoms with Crippen molar-refractivity contribution in [2.75, 3.05) is 5.32 Å². The van der Waals surface area contributed by atoms with Crippen LogP contribution in [0.15, 0.2) is 28.7 Å². The molecule has 2 amide bonds. The maximum atomic E-state index is 12.7. The summed E-state index contributed by atoms with van der Waals surface area (Å²) in [6, 6.07) is 6.62. The molecule has 1 aromatic heterocycles. The van der Waals surface area contributed by atoms with E-state index in [9.17, 15) is 9.59 Å². The number of oxazole rings is 1. The Kier molecular flexibility index (Phi) is 6.96. The van der Waals surface area contributed by atoms with Gasteiger partial charge in [-0.2, -0.15) is 0 Å². The van der Waals surface area contributed by atoms with Crippen molar-refractivity contribution in [3.63, 3.8) is 0 Å². The molecule has 2 N–H and O–H groups in total. The average Bonchev–Trinajstić information content (AvgIpc) is 3.31. The Morgan fingerprint density at radius 3 is 2.59 bits per heavy atom. The first-order valence-electron chi connectivity index (χ1n) is 10.2. The van der Waals surface area contributed by atoms with Crippen LogP contribution in [0.25, 0.3) is 0 Å². The summed E-state index contributed by atoms with van der Waals surface area (Å²) in [5.74, 6) is 0.895. The van der Waals surface area contributed by atoms with Crippen LogP contribution in [0.5, 0.6) is 0 Å². The molecule has 1 aliphatic carbocycles. The van der Waals surface area contributed by atoms with Gasteiger partial charge < -0.3 is 15.1 Å². The number of aromatic nitrogens is 1. The van der Waals surface area contributed by atoms with Crippen molar-refractivity contribution in [1.29, 1.82) is 0 Å². The van der Waals surface area contributed by atoms with E-state index in [0.29, 0.717) is 34.7 Å². The predicted molar refractivity (Wildman–Crippen MR) is 113 cm³/mol. The van der Waals surface area contributed by atoms with Crippen molar-refractivity contribution in [2.24, 2.45) is 11.8 Å². The van der Waals surface area contributed by atoms with Crippen LogP contribution in [0.1, 0.15) is 74.1 Å². The standard InChI is InChI=1S/C22H28ClN3O3/c1-13(2)19(25-18(27)12-15-8-4-5-9-15)22-26-20(14(3)29-22)21(28)24-17-11-7-6-10-16(17)23/h6-7,10-11,13,15,19H,4-5,8-9,12H2,1-3H3,(H,24,28)(H,25,27)/t19-/m0/s1. The van der Waals surface area contributed by atoms with Gasteiger partial charge in [0.05, 0.1) is 10.7 Å². The molecule has 1 fully saturated rings. The van der Waals surface area contributed by atoms with Gasteiger partial charge in [-0.1, -0.05) is 50.4 Å². The number of halogens is 1. The SMILES string of the molecule is Cc1oc([C@@H](NC(=O)CC2CCCC2)C(C)C)nc1C(=O)Nc1ccccc1Cl. The van der Waals surface area contributed by atoms with Crippen molar-refractivity contribution >= 4 is 29.1 Å². The molecular formula is C22H28ClN3O3. The first-order chi connectivity index (χ1) is 13.8. The van der Waals surface area contributed by atoms with E-state index >= 15 is 0 Å². The van der Waals surface area contributed by atoms with Gasteiger partial charge in [0, 0.05) is 6.42 Å². The number of amides is 2. The molecule has 2 aromatic rings. The predicted octanol–water partition coefficient (Wildman–Crippen LogP) is 5.28. The number of carbonyl (C=O) groups is 2. The maximum Gasteiger partial charge on any atom is 0.277 e. The van der Waals surface area contributed by atoms with Gasteiger partial charge in [-0.25, -0.2) is 4.98 Å². The second-order valence-corrected chi connectivity index (χ2v) is 8.44. The summed E-state index contributed by atoms with van der Waals surface area (Å²) in [6.07, 6.45) is 5.17. The Bertz CT molecular complexity index is 872. The van der Waals surface area contributed by atoms with Crippen molar-refractivity contribution in [2.45, 2.75) is 58.9 Å². The van der Waals surface area contributed by atoms with Gasteiger partial charge in [-0.15, -0.1) is 0 Å². The zero-order valence-electron chi connectivity index (χ0n) is 17.1. The van der Waals surface area contributed by atoms with Gasteiger partial charge >= 0.3 is 0 Å². The van der Waals surface area contributed by atoms with Crippen molar-refractivity contribution < 1.29 is 14.0 Å². The van der Waals surface area contributed by atoms with Gasteiger partial charge in [-0.3, -0.25) is 9.59 Å². The number of para-hydroxylation sites is 1. The third-order valence-electron chi connectivity index (χ3n) is 5.35. The Morgan fingerprint density at radius 1 is 1.24 bits per heavy atom. The fourth-order valence-corrected chi connectivity index (χ4v) is 3.91. The second-order valence-electron chi connectivity index (χ2n) is 8.03. The summed E-state index contributed by atoms with van der Waals surface area (Å²) < 4.78 is 5.78. The van der Waals surface area contributed by atoms with Crippen LogP contribution in [-0.2, 0) is 4.79 Å². The molecule has 0 spiro atoms. The zero-order valence-corrected chi connectivity index (χ0v) is 17.9. The Balaban J connectivity index is 1.72. The van der Waals surface area contributed by atoms with Crippen LogP contribution in [0, 0.1) is 18.8 Å². The monoisotopic (exact) mass is 417 g/mol. The van der Waals surface area contributed by atoms with E-state index < -0.39 is 5.91 Å². The molecule has 29 heavy (non-hydrogen) atoms. The molecule has 1 heterocycles. The summed E-state index contributed by atoms with van der Waals surface area (Å²) in [4.78, 5) is 29.6. The molecule has 0 radical (unpaired) electrons. The Hall–Kier alpha value is -2.34. The van der Waals surface area contributed by atoms with Gasteiger partial charge in [0.1, 0.15) is 11.8 Å². The zero-order chi connectivity index (χ0) is 21.0. The van der Waals surface area contributed by atoms with Crippen LogP contribution in [0.4, 0.5) is 5.69 Å². The van der Waals surface area contributed by atoms with Crippen LogP contribution in [-0.4, -0.2) is 16.8 Å². The highest BCUT2D eigenvalue weighted by Gasteiger charge is 2.28. The molecule has 3 rings (SSSR count). The summed E-state index contributed by atoms with van der Waals surface area (Å²) in [5, 5.41) is 6.25. The minimum absolute atomic E-state index is 0.00789. The number of benzene rings is 1. The second kappa shape index (κ2) is 9.44. The highest BCUT2D eigenvalue weighted by molar-refractivity contribution is 6.33. The highest BCUT2D eigenvalue weighted by Crippen LogP contribution is 2.29. The fourth-order valence-electron chi connectivity index (χ4n) is 3.73. The van der Waals surface area contributed by atoms with Crippen LogP contribution < -0.4 is 10.6 Å². The van der Waals surface area contributed by atoms with E-state index in [-0.39, 0.29) is 23.6 Å². The van der Waals surface area contributed by atoms with E-state index in [0.717, 1.165) is 12.8 Å². The van der Waals surface area contributed by atoms with Crippen LogP contribution >= 0.6 is 11.6 Å². The molecular weight excluding hydrogens is 390 g/mol. The van der Waals surface area contributed by atoms with E-state index in [1.165, 1.54) is 12.8 Å². The average molecular weight is 418 g/mol. The summed E-state index contributed by atoms with van der Waals surface area (Å²) >= 11 is 6.11. The number of rotatable bonds is 7. The molecule has 6 nitrogen and oxygen atoms in total. The molecule has 0 aliphatic heterocycles. The Morgan fingerprint density at radius 2 is 1.93 bits per heavy atom. The lowest BCUT2D eigenvalue weighted by molar-refractivity contribution is -0.123. The summed E-state index contributed by atoms with van der Waals surface area (Å²) in [7, 11) is 0. The third-order valence-corrected chi connectivity index (χ3v) is 5.68. The lowest BCUT2D eigenvalue weighted by Gasteiger charge is -2.20.